The normalized spacial score (nSPS) is 11.5. The Morgan fingerprint density at radius 3 is 2.54 bits per heavy atom. The van der Waals surface area contributed by atoms with Gasteiger partial charge in [0.15, 0.2) is 6.10 Å². The molecule has 0 aliphatic heterocycles. The van der Waals surface area contributed by atoms with Crippen molar-refractivity contribution >= 4 is 12.0 Å². The maximum absolute atomic E-state index is 10.8. The maximum Gasteiger partial charge on any atom is 0.334 e. The second kappa shape index (κ2) is 6.01. The predicted molar refractivity (Wildman–Crippen MR) is 45.2 cm³/mol. The van der Waals surface area contributed by atoms with Crippen LogP contribution in [-0.4, -0.2) is 41.4 Å². The molecule has 0 radical (unpaired) electrons. The Morgan fingerprint density at radius 1 is 1.46 bits per heavy atom. The van der Waals surface area contributed by atoms with Gasteiger partial charge in [-0.3, -0.25) is 0 Å². The molecule has 0 aromatic carbocycles. The Morgan fingerprint density at radius 2 is 2.08 bits per heavy atom. The van der Waals surface area contributed by atoms with Gasteiger partial charge in [0, 0.05) is 6.54 Å². The van der Waals surface area contributed by atoms with E-state index in [1.807, 2.05) is 0 Å². The molecule has 4 N–H and O–H groups in total. The minimum atomic E-state index is -1.57. The Hall–Kier alpha value is -1.56. The number of nitrogens with one attached hydrogen (secondary N) is 2. The molecular weight excluding hydrogens is 176 g/mol. The van der Waals surface area contributed by atoms with Crippen LogP contribution < -0.4 is 10.6 Å². The molecule has 6 nitrogen and oxygen atoms in total. The average molecular weight is 188 g/mol. The minimum Gasteiger partial charge on any atom is -0.479 e. The Bertz CT molecular complexity index is 205. The summed E-state index contributed by atoms with van der Waals surface area (Å²) in [6.07, 6.45) is -0.0952. The molecule has 1 atom stereocenters. The molecule has 0 aromatic heterocycles. The number of hydrogen-bond acceptors (Lipinski definition) is 3. The highest BCUT2D eigenvalue weighted by atomic mass is 16.4. The SMILES string of the molecule is C=CCNC(=O)NC[C@H](O)C(=O)O. The summed E-state index contributed by atoms with van der Waals surface area (Å²) in [5.74, 6) is -1.37. The highest BCUT2D eigenvalue weighted by molar-refractivity contribution is 5.76. The number of aliphatic carboxylic acids is 1. The lowest BCUT2D eigenvalue weighted by atomic mass is 10.4. The van der Waals surface area contributed by atoms with Gasteiger partial charge in [-0.05, 0) is 0 Å². The van der Waals surface area contributed by atoms with Crippen LogP contribution >= 0.6 is 0 Å². The summed E-state index contributed by atoms with van der Waals surface area (Å²) in [4.78, 5) is 20.8. The van der Waals surface area contributed by atoms with Crippen LogP contribution in [0.3, 0.4) is 0 Å². The topological polar surface area (TPSA) is 98.7 Å². The molecule has 0 fully saturated rings. The Balaban J connectivity index is 3.57. The molecule has 2 amide bonds. The first kappa shape index (κ1) is 11.4. The number of carboxylic acid groups (broad SMARTS) is 1. The lowest BCUT2D eigenvalue weighted by Crippen LogP contribution is -2.42. The van der Waals surface area contributed by atoms with E-state index in [2.05, 4.69) is 17.2 Å². The molecule has 0 aromatic rings. The molecule has 0 saturated heterocycles. The van der Waals surface area contributed by atoms with E-state index >= 15 is 0 Å². The lowest BCUT2D eigenvalue weighted by molar-refractivity contribution is -0.146. The molecule has 0 spiro atoms. The number of aliphatic hydroxyl groups excluding tert-OH is 1. The summed E-state index contributed by atoms with van der Waals surface area (Å²) >= 11 is 0. The summed E-state index contributed by atoms with van der Waals surface area (Å²) in [7, 11) is 0. The number of carbonyl (C=O) groups excluding carboxylic acids is 1. The summed E-state index contributed by atoms with van der Waals surface area (Å²) in [6.45, 7) is 3.34. The zero-order chi connectivity index (χ0) is 10.3. The Labute approximate surface area is 75.3 Å². The fraction of sp³-hybridized carbons (Fsp3) is 0.429. The second-order valence-electron chi connectivity index (χ2n) is 2.23. The van der Waals surface area contributed by atoms with E-state index < -0.39 is 18.1 Å². The van der Waals surface area contributed by atoms with Crippen LogP contribution in [-0.2, 0) is 4.79 Å². The van der Waals surface area contributed by atoms with Crippen LogP contribution in [0.4, 0.5) is 4.79 Å². The van der Waals surface area contributed by atoms with Crippen molar-refractivity contribution in [2.24, 2.45) is 0 Å². The van der Waals surface area contributed by atoms with Crippen molar-refractivity contribution in [1.29, 1.82) is 0 Å². The number of carboxylic acids is 1. The largest absolute Gasteiger partial charge is 0.479 e. The van der Waals surface area contributed by atoms with Crippen molar-refractivity contribution in [2.75, 3.05) is 13.1 Å². The predicted octanol–water partition coefficient (Wildman–Crippen LogP) is -1.08. The van der Waals surface area contributed by atoms with Gasteiger partial charge in [0.05, 0.1) is 6.54 Å². The van der Waals surface area contributed by atoms with E-state index in [0.717, 1.165) is 0 Å². The van der Waals surface area contributed by atoms with E-state index in [1.54, 1.807) is 0 Å². The van der Waals surface area contributed by atoms with Crippen molar-refractivity contribution in [3.05, 3.63) is 12.7 Å². The molecule has 0 rings (SSSR count). The average Bonchev–Trinajstić information content (AvgIpc) is 2.10. The first-order valence-electron chi connectivity index (χ1n) is 3.61. The first-order valence-corrected chi connectivity index (χ1v) is 3.61. The van der Waals surface area contributed by atoms with Gasteiger partial charge >= 0.3 is 12.0 Å². The van der Waals surface area contributed by atoms with E-state index in [4.69, 9.17) is 10.2 Å². The molecular formula is C7H12N2O4. The fourth-order valence-electron chi connectivity index (χ4n) is 0.504. The van der Waals surface area contributed by atoms with Crippen LogP contribution in [0.1, 0.15) is 0 Å². The maximum atomic E-state index is 10.8. The smallest absolute Gasteiger partial charge is 0.334 e. The Kier molecular flexibility index (Phi) is 5.29. The van der Waals surface area contributed by atoms with Gasteiger partial charge in [-0.15, -0.1) is 6.58 Å². The third-order valence-corrected chi connectivity index (χ3v) is 1.15. The van der Waals surface area contributed by atoms with Crippen LogP contribution in [0, 0.1) is 0 Å². The number of carbonyl (C=O) groups is 2. The van der Waals surface area contributed by atoms with Gasteiger partial charge in [0.25, 0.3) is 0 Å². The fourth-order valence-corrected chi connectivity index (χ4v) is 0.504. The molecule has 0 unspecified atom stereocenters. The molecule has 74 valence electrons. The molecule has 0 aliphatic rings. The number of amides is 2. The summed E-state index contributed by atoms with van der Waals surface area (Å²) in [5.41, 5.74) is 0. The van der Waals surface area contributed by atoms with E-state index in [-0.39, 0.29) is 13.1 Å². The number of urea groups is 1. The van der Waals surface area contributed by atoms with Gasteiger partial charge < -0.3 is 20.8 Å². The van der Waals surface area contributed by atoms with E-state index in [1.165, 1.54) is 6.08 Å². The van der Waals surface area contributed by atoms with Crippen molar-refractivity contribution in [1.82, 2.24) is 10.6 Å². The van der Waals surface area contributed by atoms with Crippen LogP contribution in [0.25, 0.3) is 0 Å². The van der Waals surface area contributed by atoms with Crippen LogP contribution in [0.2, 0.25) is 0 Å². The zero-order valence-corrected chi connectivity index (χ0v) is 6.99. The minimum absolute atomic E-state index is 0.287. The zero-order valence-electron chi connectivity index (χ0n) is 6.99. The van der Waals surface area contributed by atoms with E-state index in [9.17, 15) is 9.59 Å². The third-order valence-electron chi connectivity index (χ3n) is 1.15. The highest BCUT2D eigenvalue weighted by Crippen LogP contribution is 1.79. The monoisotopic (exact) mass is 188 g/mol. The van der Waals surface area contributed by atoms with Gasteiger partial charge in [-0.2, -0.15) is 0 Å². The number of aliphatic hydroxyl groups is 1. The number of rotatable bonds is 5. The van der Waals surface area contributed by atoms with Gasteiger partial charge in [0.2, 0.25) is 0 Å². The van der Waals surface area contributed by atoms with E-state index in [0.29, 0.717) is 0 Å². The van der Waals surface area contributed by atoms with Crippen molar-refractivity contribution in [2.45, 2.75) is 6.10 Å². The molecule has 0 bridgehead atoms. The van der Waals surface area contributed by atoms with Gasteiger partial charge in [0.1, 0.15) is 0 Å². The van der Waals surface area contributed by atoms with Gasteiger partial charge in [-0.1, -0.05) is 6.08 Å². The molecule has 6 heteroatoms. The molecule has 0 saturated carbocycles. The summed E-state index contributed by atoms with van der Waals surface area (Å²) < 4.78 is 0. The third kappa shape index (κ3) is 5.68. The van der Waals surface area contributed by atoms with Crippen molar-refractivity contribution < 1.29 is 19.8 Å². The van der Waals surface area contributed by atoms with Crippen LogP contribution in [0.5, 0.6) is 0 Å². The van der Waals surface area contributed by atoms with Crippen molar-refractivity contribution in [3.8, 4) is 0 Å². The second-order valence-corrected chi connectivity index (χ2v) is 2.23. The molecule has 0 heterocycles. The highest BCUT2D eigenvalue weighted by Gasteiger charge is 2.13. The summed E-state index contributed by atoms with van der Waals surface area (Å²) in [5, 5.41) is 21.5. The first-order chi connectivity index (χ1) is 6.07. The quantitative estimate of drug-likeness (QED) is 0.412. The van der Waals surface area contributed by atoms with Gasteiger partial charge in [-0.25, -0.2) is 9.59 Å². The molecule has 13 heavy (non-hydrogen) atoms. The van der Waals surface area contributed by atoms with Crippen molar-refractivity contribution in [3.63, 3.8) is 0 Å². The molecule has 0 aliphatic carbocycles. The summed E-state index contributed by atoms with van der Waals surface area (Å²) in [6, 6.07) is -0.541. The standard InChI is InChI=1S/C7H12N2O4/c1-2-3-8-7(13)9-4-5(10)6(11)12/h2,5,10H,1,3-4H2,(H,11,12)(H2,8,9,13)/t5-/m0/s1. The lowest BCUT2D eigenvalue weighted by Gasteiger charge is -2.07. The number of hydrogen-bond donors (Lipinski definition) is 4. The van der Waals surface area contributed by atoms with Crippen LogP contribution in [0.15, 0.2) is 12.7 Å².